The molecule has 19 heteroatoms. The third-order valence-corrected chi connectivity index (χ3v) is 19.5. The average molecular weight is 1360 g/mol. The zero-order valence-corrected chi connectivity index (χ0v) is 59.4. The first-order valence-corrected chi connectivity index (χ1v) is 38.7. The molecule has 558 valence electrons. The lowest BCUT2D eigenvalue weighted by Gasteiger charge is -2.48. The summed E-state index contributed by atoms with van der Waals surface area (Å²) in [4.78, 5) is 13.4. The minimum atomic E-state index is -1.97. The third kappa shape index (κ3) is 38.6. The number of hydrogen-bond acceptors (Lipinski definition) is 18. The van der Waals surface area contributed by atoms with Crippen LogP contribution in [0.1, 0.15) is 309 Å². The summed E-state index contributed by atoms with van der Waals surface area (Å²) in [6.07, 6.45) is 42.3. The van der Waals surface area contributed by atoms with E-state index in [-0.39, 0.29) is 18.9 Å². The van der Waals surface area contributed by atoms with Gasteiger partial charge in [-0.3, -0.25) is 4.79 Å². The maximum atomic E-state index is 13.4. The fourth-order valence-electron chi connectivity index (χ4n) is 13.2. The van der Waals surface area contributed by atoms with Crippen molar-refractivity contribution in [2.24, 2.45) is 0 Å². The predicted molar refractivity (Wildman–Crippen MR) is 374 cm³/mol. The van der Waals surface area contributed by atoms with E-state index in [9.17, 15) is 61.0 Å². The van der Waals surface area contributed by atoms with Crippen molar-refractivity contribution in [3.05, 3.63) is 36.5 Å². The fraction of sp³-hybridized carbons (Fsp3) is 0.908. The fourth-order valence-corrected chi connectivity index (χ4v) is 13.2. The molecule has 0 aromatic heterocycles. The van der Waals surface area contributed by atoms with Gasteiger partial charge in [-0.25, -0.2) is 0 Å². The summed E-state index contributed by atoms with van der Waals surface area (Å²) in [5.41, 5.74) is 0. The van der Waals surface area contributed by atoms with Gasteiger partial charge in [0.05, 0.1) is 38.6 Å². The molecule has 0 aromatic carbocycles. The molecule has 3 aliphatic heterocycles. The van der Waals surface area contributed by atoms with E-state index in [1.165, 1.54) is 193 Å². The molecular weight excluding hydrogens is 1210 g/mol. The highest BCUT2D eigenvalue weighted by Crippen LogP contribution is 2.33. The van der Waals surface area contributed by atoms with Crippen molar-refractivity contribution < 1.29 is 89.4 Å². The van der Waals surface area contributed by atoms with Gasteiger partial charge in [-0.05, 0) is 51.4 Å². The van der Waals surface area contributed by atoms with Gasteiger partial charge in [0.25, 0.3) is 0 Å². The molecule has 3 fully saturated rings. The Labute approximate surface area is 574 Å². The number of aliphatic hydroxyl groups excluding tert-OH is 11. The highest BCUT2D eigenvalue weighted by atomic mass is 16.8. The van der Waals surface area contributed by atoms with Gasteiger partial charge in [0, 0.05) is 6.42 Å². The van der Waals surface area contributed by atoms with E-state index in [0.717, 1.165) is 83.5 Å². The Morgan fingerprint density at radius 3 is 1.11 bits per heavy atom. The number of rotatable bonds is 61. The molecule has 3 rings (SSSR count). The van der Waals surface area contributed by atoms with Crippen molar-refractivity contribution in [2.75, 3.05) is 26.4 Å². The minimum Gasteiger partial charge on any atom is -0.394 e. The first kappa shape index (κ1) is 87.2. The van der Waals surface area contributed by atoms with Gasteiger partial charge >= 0.3 is 0 Å². The smallest absolute Gasteiger partial charge is 0.220 e. The van der Waals surface area contributed by atoms with Crippen molar-refractivity contribution >= 4 is 5.91 Å². The molecule has 0 aromatic rings. The molecule has 0 bridgehead atoms. The van der Waals surface area contributed by atoms with Crippen LogP contribution in [0.15, 0.2) is 36.5 Å². The summed E-state index contributed by atoms with van der Waals surface area (Å²) in [6.45, 7) is 1.80. The van der Waals surface area contributed by atoms with Crippen LogP contribution in [0.4, 0.5) is 0 Å². The number of allylic oxidation sites excluding steroid dienone is 6. The maximum absolute atomic E-state index is 13.4. The first-order chi connectivity index (χ1) is 46.3. The predicted octanol–water partition coefficient (Wildman–Crippen LogP) is 11.9. The monoisotopic (exact) mass is 1360 g/mol. The van der Waals surface area contributed by atoms with Gasteiger partial charge in [0.15, 0.2) is 18.9 Å². The zero-order chi connectivity index (χ0) is 68.9. The van der Waals surface area contributed by atoms with Crippen molar-refractivity contribution in [3.63, 3.8) is 0 Å². The Kier molecular flexibility index (Phi) is 52.9. The molecule has 0 radical (unpaired) electrons. The highest BCUT2D eigenvalue weighted by Gasteiger charge is 2.54. The Balaban J connectivity index is 1.37. The van der Waals surface area contributed by atoms with E-state index in [1.54, 1.807) is 0 Å². The number of carbonyl (C=O) groups excluding carboxylic acids is 1. The highest BCUT2D eigenvalue weighted by molar-refractivity contribution is 5.76. The van der Waals surface area contributed by atoms with Crippen molar-refractivity contribution in [3.8, 4) is 0 Å². The molecular formula is C76H141NO18. The molecule has 3 saturated heterocycles. The maximum Gasteiger partial charge on any atom is 0.220 e. The third-order valence-electron chi connectivity index (χ3n) is 19.5. The van der Waals surface area contributed by atoms with E-state index in [0.29, 0.717) is 12.8 Å². The normalized spacial score (nSPS) is 27.4. The molecule has 0 aliphatic carbocycles. The van der Waals surface area contributed by atoms with Crippen LogP contribution in [0.2, 0.25) is 0 Å². The van der Waals surface area contributed by atoms with E-state index in [4.69, 9.17) is 28.4 Å². The second-order valence-electron chi connectivity index (χ2n) is 27.8. The largest absolute Gasteiger partial charge is 0.394 e. The molecule has 3 heterocycles. The van der Waals surface area contributed by atoms with Crippen molar-refractivity contribution in [1.29, 1.82) is 0 Å². The molecule has 3 aliphatic rings. The molecule has 1 amide bonds. The number of unbranched alkanes of at least 4 members (excludes halogenated alkanes) is 39. The van der Waals surface area contributed by atoms with Crippen LogP contribution in [0, 0.1) is 0 Å². The van der Waals surface area contributed by atoms with Gasteiger partial charge in [-0.15, -0.1) is 0 Å². The Bertz CT molecular complexity index is 1860. The topological polar surface area (TPSA) is 307 Å². The van der Waals surface area contributed by atoms with Crippen LogP contribution in [0.3, 0.4) is 0 Å². The second kappa shape index (κ2) is 57.6. The summed E-state index contributed by atoms with van der Waals surface area (Å²) in [7, 11) is 0. The number of hydrogen-bond donors (Lipinski definition) is 12. The zero-order valence-electron chi connectivity index (χ0n) is 59.4. The summed E-state index contributed by atoms with van der Waals surface area (Å²) in [5, 5.41) is 121. The quantitative estimate of drug-likeness (QED) is 0.0199. The molecule has 17 atom stereocenters. The minimum absolute atomic E-state index is 0.252. The summed E-state index contributed by atoms with van der Waals surface area (Å²) in [6, 6.07) is -0.896. The van der Waals surface area contributed by atoms with Crippen LogP contribution in [-0.2, 0) is 33.2 Å². The van der Waals surface area contributed by atoms with Crippen molar-refractivity contribution in [1.82, 2.24) is 5.32 Å². The molecule has 0 spiro atoms. The number of amides is 1. The number of ether oxygens (including phenoxy) is 6. The molecule has 95 heavy (non-hydrogen) atoms. The van der Waals surface area contributed by atoms with Gasteiger partial charge in [-0.2, -0.15) is 0 Å². The van der Waals surface area contributed by atoms with E-state index >= 15 is 0 Å². The van der Waals surface area contributed by atoms with E-state index < -0.39 is 124 Å². The van der Waals surface area contributed by atoms with Gasteiger partial charge in [0.1, 0.15) is 73.2 Å². The Morgan fingerprint density at radius 1 is 0.379 bits per heavy atom. The van der Waals surface area contributed by atoms with Crippen LogP contribution >= 0.6 is 0 Å². The average Bonchev–Trinajstić information content (AvgIpc) is 0.787. The van der Waals surface area contributed by atoms with Crippen LogP contribution in [0.5, 0.6) is 0 Å². The standard InChI is InChI=1S/C76H141NO18/c1-3-5-7-9-11-13-15-17-19-21-23-24-25-26-27-28-29-30-31-32-33-34-36-37-39-41-43-45-47-49-51-53-60(81)59(77-64(82)54-52-50-48-46-44-42-40-38-35-22-20-18-16-14-12-10-8-6-4-2)58-90-74-70(88)67(85)72(62(56-79)92-74)95-76-71(89)68(86)73(63(57-80)93-76)94-75-69(87)66(84)65(83)61(55-78)91-75/h12,14,18,20,35,38,59-63,65-76,78-81,83-89H,3-11,13,15-17,19,21-34,36-37,39-58H2,1-2H3,(H,77,82)/b14-12-,20-18-,38-35-. The van der Waals surface area contributed by atoms with E-state index in [1.807, 2.05) is 0 Å². The van der Waals surface area contributed by atoms with Gasteiger partial charge < -0.3 is 89.9 Å². The first-order valence-electron chi connectivity index (χ1n) is 38.7. The summed E-state index contributed by atoms with van der Waals surface area (Å²) >= 11 is 0. The number of carbonyl (C=O) groups is 1. The lowest BCUT2D eigenvalue weighted by molar-refractivity contribution is -0.379. The Hall–Kier alpha value is -1.99. The lowest BCUT2D eigenvalue weighted by Crippen LogP contribution is -2.66. The van der Waals surface area contributed by atoms with Crippen LogP contribution in [0.25, 0.3) is 0 Å². The number of aliphatic hydroxyl groups is 11. The summed E-state index contributed by atoms with van der Waals surface area (Å²) in [5.74, 6) is -0.252. The second-order valence-corrected chi connectivity index (χ2v) is 27.8. The molecule has 12 N–H and O–H groups in total. The van der Waals surface area contributed by atoms with Gasteiger partial charge in [-0.1, -0.05) is 288 Å². The van der Waals surface area contributed by atoms with Crippen LogP contribution < -0.4 is 5.32 Å². The Morgan fingerprint density at radius 2 is 0.695 bits per heavy atom. The SMILES string of the molecule is CCCCC/C=C\C/C=C\C/C=C\CCCCCCCCC(=O)NC(COC1OC(CO)C(OC2OC(CO)C(OC3OC(CO)C(O)C(O)C3O)C(O)C2O)C(O)C1O)C(O)CCCCCCCCCCCCCCCCCCCCCCCCCCCCCCCCC. The molecule has 19 nitrogen and oxygen atoms in total. The molecule has 0 saturated carbocycles. The van der Waals surface area contributed by atoms with Gasteiger partial charge in [0.2, 0.25) is 5.91 Å². The summed E-state index contributed by atoms with van der Waals surface area (Å²) < 4.78 is 34.5. The lowest BCUT2D eigenvalue weighted by atomic mass is 9.96. The number of nitrogens with one attached hydrogen (secondary N) is 1. The van der Waals surface area contributed by atoms with Crippen LogP contribution in [-0.4, -0.2) is 193 Å². The molecule has 17 unspecified atom stereocenters. The van der Waals surface area contributed by atoms with Crippen molar-refractivity contribution in [2.45, 2.75) is 413 Å². The van der Waals surface area contributed by atoms with E-state index in [2.05, 4.69) is 55.6 Å².